The van der Waals surface area contributed by atoms with Gasteiger partial charge in [0.25, 0.3) is 11.8 Å². The van der Waals surface area contributed by atoms with Gasteiger partial charge >= 0.3 is 0 Å². The van der Waals surface area contributed by atoms with Gasteiger partial charge in [-0.3, -0.25) is 14.9 Å². The number of carbonyl (C=O) groups excluding carboxylic acids is 2. The van der Waals surface area contributed by atoms with Crippen LogP contribution in [0.25, 0.3) is 33.0 Å². The third-order valence-electron chi connectivity index (χ3n) is 6.95. The number of benzene rings is 3. The van der Waals surface area contributed by atoms with E-state index in [9.17, 15) is 9.59 Å². The Balaban J connectivity index is 1.58. The van der Waals surface area contributed by atoms with E-state index in [0.29, 0.717) is 30.8 Å². The summed E-state index contributed by atoms with van der Waals surface area (Å²) in [6.45, 7) is 1.67. The molecule has 5 aromatic rings. The largest absolute Gasteiger partial charge is 0.491 e. The molecule has 6 nitrogen and oxygen atoms in total. The van der Waals surface area contributed by atoms with E-state index >= 15 is 0 Å². The molecule has 4 bridgehead atoms. The number of para-hydroxylation sites is 3. The second-order valence-corrected chi connectivity index (χ2v) is 8.93. The minimum Gasteiger partial charge on any atom is -0.491 e. The van der Waals surface area contributed by atoms with Gasteiger partial charge in [0.05, 0.1) is 24.2 Å². The van der Waals surface area contributed by atoms with Crippen molar-refractivity contribution in [3.05, 3.63) is 102 Å². The number of hydrogen-bond donors (Lipinski definition) is 1. The van der Waals surface area contributed by atoms with Crippen LogP contribution in [0.1, 0.15) is 16.7 Å². The molecule has 6 heteroatoms. The molecular weight excluding hydrogens is 438 g/mol. The van der Waals surface area contributed by atoms with E-state index in [1.54, 1.807) is 0 Å². The van der Waals surface area contributed by atoms with Crippen molar-refractivity contribution in [3.8, 4) is 5.75 Å². The maximum atomic E-state index is 13.2. The van der Waals surface area contributed by atoms with Gasteiger partial charge in [-0.1, -0.05) is 54.6 Å². The normalized spacial score (nSPS) is 15.5. The molecule has 0 fully saturated rings. The standard InChI is InChI=1S/C29H21N3O3/c33-28-26-21-16-31(23-10-4-2-8-19(21)23)13-14-35-25-12-6-1-7-18(25)15-32-17-22(27(26)29(34)30-28)20-9-3-5-11-24(20)32/h1-12,16-17H,13-15H2,(H,30,33,34). The van der Waals surface area contributed by atoms with Crippen molar-refractivity contribution < 1.29 is 14.3 Å². The first kappa shape index (κ1) is 19.9. The zero-order valence-electron chi connectivity index (χ0n) is 18.8. The van der Waals surface area contributed by atoms with Crippen LogP contribution in [-0.4, -0.2) is 27.6 Å². The second kappa shape index (κ2) is 7.46. The Bertz CT molecular complexity index is 1720. The molecule has 35 heavy (non-hydrogen) atoms. The Labute approximate surface area is 201 Å². The van der Waals surface area contributed by atoms with Gasteiger partial charge in [-0.05, 0) is 18.2 Å². The average molecular weight is 460 g/mol. The Morgan fingerprint density at radius 3 is 1.97 bits per heavy atom. The molecule has 0 aliphatic carbocycles. The van der Waals surface area contributed by atoms with E-state index < -0.39 is 0 Å². The molecular formula is C29H21N3O3. The van der Waals surface area contributed by atoms with Crippen molar-refractivity contribution in [1.29, 1.82) is 0 Å². The Hall–Kier alpha value is -4.58. The van der Waals surface area contributed by atoms with Crippen LogP contribution in [0.15, 0.2) is 85.2 Å². The summed E-state index contributed by atoms with van der Waals surface area (Å²) in [6.07, 6.45) is 3.96. The predicted molar refractivity (Wildman–Crippen MR) is 135 cm³/mol. The number of imide groups is 1. The zero-order chi connectivity index (χ0) is 23.5. The van der Waals surface area contributed by atoms with Gasteiger partial charge < -0.3 is 13.9 Å². The minimum absolute atomic E-state index is 0.361. The summed E-state index contributed by atoms with van der Waals surface area (Å²) in [6, 6.07) is 24.0. The number of amides is 2. The number of hydrogen-bond acceptors (Lipinski definition) is 3. The molecule has 0 unspecified atom stereocenters. The van der Waals surface area contributed by atoms with E-state index in [2.05, 4.69) is 20.5 Å². The van der Waals surface area contributed by atoms with Crippen LogP contribution in [0.5, 0.6) is 5.75 Å². The molecule has 0 saturated carbocycles. The molecule has 0 spiro atoms. The second-order valence-electron chi connectivity index (χ2n) is 8.93. The van der Waals surface area contributed by atoms with Crippen molar-refractivity contribution in [3.63, 3.8) is 0 Å². The first-order chi connectivity index (χ1) is 17.2. The van der Waals surface area contributed by atoms with Crippen LogP contribution >= 0.6 is 0 Å². The quantitative estimate of drug-likeness (QED) is 0.344. The highest BCUT2D eigenvalue weighted by Crippen LogP contribution is 2.39. The molecule has 2 aliphatic rings. The van der Waals surface area contributed by atoms with E-state index in [4.69, 9.17) is 4.74 Å². The molecule has 7 rings (SSSR count). The molecule has 0 saturated heterocycles. The van der Waals surface area contributed by atoms with Crippen LogP contribution in [-0.2, 0) is 22.7 Å². The fourth-order valence-corrected chi connectivity index (χ4v) is 5.39. The minimum atomic E-state index is -0.363. The van der Waals surface area contributed by atoms with Gasteiger partial charge in [0, 0.05) is 50.9 Å². The smallest absolute Gasteiger partial charge is 0.259 e. The number of rotatable bonds is 0. The van der Waals surface area contributed by atoms with Crippen LogP contribution in [0.4, 0.5) is 0 Å². The lowest BCUT2D eigenvalue weighted by Gasteiger charge is -2.14. The molecule has 0 atom stereocenters. The zero-order valence-corrected chi connectivity index (χ0v) is 18.8. The number of carbonyl (C=O) groups is 2. The Morgan fingerprint density at radius 2 is 1.26 bits per heavy atom. The Kier molecular flexibility index (Phi) is 4.23. The topological polar surface area (TPSA) is 65.3 Å². The van der Waals surface area contributed by atoms with Crippen molar-refractivity contribution in [2.75, 3.05) is 6.61 Å². The maximum Gasteiger partial charge on any atom is 0.259 e. The van der Waals surface area contributed by atoms with Crippen molar-refractivity contribution >= 4 is 44.8 Å². The van der Waals surface area contributed by atoms with E-state index in [0.717, 1.165) is 44.2 Å². The summed E-state index contributed by atoms with van der Waals surface area (Å²) in [5.41, 5.74) is 5.40. The number of aromatic nitrogens is 2. The van der Waals surface area contributed by atoms with Crippen LogP contribution in [0, 0.1) is 0 Å². The lowest BCUT2D eigenvalue weighted by molar-refractivity contribution is -0.122. The van der Waals surface area contributed by atoms with Crippen molar-refractivity contribution in [1.82, 2.24) is 14.5 Å². The first-order valence-electron chi connectivity index (χ1n) is 11.7. The predicted octanol–water partition coefficient (Wildman–Crippen LogP) is 4.60. The van der Waals surface area contributed by atoms with E-state index in [1.807, 2.05) is 79.1 Å². The molecule has 1 N–H and O–H groups in total. The van der Waals surface area contributed by atoms with Gasteiger partial charge in [0.15, 0.2) is 0 Å². The number of nitrogens with zero attached hydrogens (tertiary/aromatic N) is 2. The third-order valence-corrected chi connectivity index (χ3v) is 6.95. The summed E-state index contributed by atoms with van der Waals surface area (Å²) in [4.78, 5) is 26.4. The number of nitrogens with one attached hydrogen (secondary N) is 1. The fourth-order valence-electron chi connectivity index (χ4n) is 5.39. The van der Waals surface area contributed by atoms with Gasteiger partial charge in [0.2, 0.25) is 0 Å². The van der Waals surface area contributed by atoms with Gasteiger partial charge in [-0.2, -0.15) is 0 Å². The highest BCUT2D eigenvalue weighted by molar-refractivity contribution is 6.50. The van der Waals surface area contributed by atoms with Crippen molar-refractivity contribution in [2.24, 2.45) is 0 Å². The molecule has 0 radical (unpaired) electrons. The summed E-state index contributed by atoms with van der Waals surface area (Å²) >= 11 is 0. The lowest BCUT2D eigenvalue weighted by Crippen LogP contribution is -2.22. The van der Waals surface area contributed by atoms with Gasteiger partial charge in [-0.15, -0.1) is 0 Å². The number of ether oxygens (including phenoxy) is 1. The van der Waals surface area contributed by atoms with E-state index in [1.165, 1.54) is 0 Å². The van der Waals surface area contributed by atoms with E-state index in [-0.39, 0.29) is 11.8 Å². The molecule has 2 aliphatic heterocycles. The highest BCUT2D eigenvalue weighted by atomic mass is 16.5. The lowest BCUT2D eigenvalue weighted by atomic mass is 9.95. The molecule has 3 aromatic carbocycles. The summed E-state index contributed by atoms with van der Waals surface area (Å²) < 4.78 is 10.5. The SMILES string of the molecule is O=C1NC(=O)C2=C1c1cn(c3ccccc13)CCOc1ccccc1Cn1cc2c2ccccc21. The van der Waals surface area contributed by atoms with Crippen LogP contribution in [0.3, 0.4) is 0 Å². The monoisotopic (exact) mass is 459 g/mol. The summed E-state index contributed by atoms with van der Waals surface area (Å²) in [7, 11) is 0. The number of fused-ring (bicyclic) bond motifs is 13. The molecule has 170 valence electrons. The maximum absolute atomic E-state index is 13.2. The van der Waals surface area contributed by atoms with Crippen LogP contribution < -0.4 is 10.1 Å². The third kappa shape index (κ3) is 2.96. The van der Waals surface area contributed by atoms with Crippen LogP contribution in [0.2, 0.25) is 0 Å². The molecule has 2 amide bonds. The van der Waals surface area contributed by atoms with Gasteiger partial charge in [-0.25, -0.2) is 0 Å². The Morgan fingerprint density at radius 1 is 0.686 bits per heavy atom. The fraction of sp³-hybridized carbons (Fsp3) is 0.103. The highest BCUT2D eigenvalue weighted by Gasteiger charge is 2.35. The summed E-state index contributed by atoms with van der Waals surface area (Å²) in [5.74, 6) is 0.119. The van der Waals surface area contributed by atoms with Gasteiger partial charge in [0.1, 0.15) is 12.4 Å². The summed E-state index contributed by atoms with van der Waals surface area (Å²) in [5, 5.41) is 4.43. The molecule has 4 heterocycles. The average Bonchev–Trinajstić information content (AvgIpc) is 3.51. The van der Waals surface area contributed by atoms with Crippen molar-refractivity contribution in [2.45, 2.75) is 13.1 Å². The molecule has 2 aromatic heterocycles. The first-order valence-corrected chi connectivity index (χ1v) is 11.7.